The third-order valence-electron chi connectivity index (χ3n) is 3.82. The lowest BCUT2D eigenvalue weighted by atomic mass is 9.80. The Morgan fingerprint density at radius 3 is 2.45 bits per heavy atom. The summed E-state index contributed by atoms with van der Waals surface area (Å²) in [6.07, 6.45) is 0. The highest BCUT2D eigenvalue weighted by Gasteiger charge is 2.34. The van der Waals surface area contributed by atoms with Crippen LogP contribution >= 0.6 is 0 Å². The van der Waals surface area contributed by atoms with Gasteiger partial charge in [0.1, 0.15) is 11.6 Å². The molecule has 0 bridgehead atoms. The standard InChI is InChI=1S/C16H25FN2O/c1-16(2,3)15(19-9-7-18-8-10-19)13-11-12(17)5-6-14(13)20-4/h5-6,11,15,18H,7-10H2,1-4H3/t15-/m1/s1. The van der Waals surface area contributed by atoms with Crippen molar-refractivity contribution in [3.63, 3.8) is 0 Å². The first-order chi connectivity index (χ1) is 9.43. The molecule has 1 aromatic rings. The first-order valence-corrected chi connectivity index (χ1v) is 7.21. The minimum atomic E-state index is -0.204. The van der Waals surface area contributed by atoms with E-state index in [1.54, 1.807) is 19.2 Å². The smallest absolute Gasteiger partial charge is 0.123 e. The van der Waals surface area contributed by atoms with Gasteiger partial charge in [0.15, 0.2) is 0 Å². The maximum absolute atomic E-state index is 13.7. The van der Waals surface area contributed by atoms with E-state index in [4.69, 9.17) is 4.74 Å². The molecule has 0 saturated carbocycles. The summed E-state index contributed by atoms with van der Waals surface area (Å²) >= 11 is 0. The fourth-order valence-corrected chi connectivity index (χ4v) is 3.07. The largest absolute Gasteiger partial charge is 0.496 e. The molecule has 3 nitrogen and oxygen atoms in total. The van der Waals surface area contributed by atoms with Gasteiger partial charge in [0, 0.05) is 37.8 Å². The number of halogens is 1. The zero-order valence-corrected chi connectivity index (χ0v) is 12.9. The van der Waals surface area contributed by atoms with Gasteiger partial charge in [-0.25, -0.2) is 4.39 Å². The topological polar surface area (TPSA) is 24.5 Å². The monoisotopic (exact) mass is 280 g/mol. The molecule has 0 unspecified atom stereocenters. The Bertz CT molecular complexity index is 450. The molecule has 1 aromatic carbocycles. The average Bonchev–Trinajstić information content (AvgIpc) is 2.39. The Morgan fingerprint density at radius 2 is 1.90 bits per heavy atom. The van der Waals surface area contributed by atoms with E-state index >= 15 is 0 Å². The third kappa shape index (κ3) is 3.30. The minimum Gasteiger partial charge on any atom is -0.496 e. The van der Waals surface area contributed by atoms with E-state index in [1.807, 2.05) is 0 Å². The van der Waals surface area contributed by atoms with Gasteiger partial charge in [0.25, 0.3) is 0 Å². The zero-order chi connectivity index (χ0) is 14.8. The predicted octanol–water partition coefficient (Wildman–Crippen LogP) is 2.83. The van der Waals surface area contributed by atoms with Crippen molar-refractivity contribution in [1.82, 2.24) is 10.2 Å². The van der Waals surface area contributed by atoms with Crippen LogP contribution in [0.25, 0.3) is 0 Å². The Balaban J connectivity index is 2.43. The quantitative estimate of drug-likeness (QED) is 0.921. The number of ether oxygens (including phenoxy) is 1. The molecule has 1 fully saturated rings. The molecular formula is C16H25FN2O. The van der Waals surface area contributed by atoms with Gasteiger partial charge in [0.05, 0.1) is 7.11 Å². The van der Waals surface area contributed by atoms with E-state index in [9.17, 15) is 4.39 Å². The van der Waals surface area contributed by atoms with Gasteiger partial charge < -0.3 is 10.1 Å². The highest BCUT2D eigenvalue weighted by molar-refractivity contribution is 5.37. The molecule has 1 heterocycles. The van der Waals surface area contributed by atoms with Crippen molar-refractivity contribution in [2.24, 2.45) is 5.41 Å². The normalized spacial score (nSPS) is 18.9. The molecule has 4 heteroatoms. The maximum atomic E-state index is 13.7. The lowest BCUT2D eigenvalue weighted by Gasteiger charge is -2.43. The van der Waals surface area contributed by atoms with Crippen LogP contribution in [0.2, 0.25) is 0 Å². The minimum absolute atomic E-state index is 0.0123. The zero-order valence-electron chi connectivity index (χ0n) is 12.9. The number of piperazine rings is 1. The van der Waals surface area contributed by atoms with Crippen LogP contribution in [0.3, 0.4) is 0 Å². The van der Waals surface area contributed by atoms with E-state index in [0.717, 1.165) is 37.5 Å². The Kier molecular flexibility index (Phi) is 4.66. The number of rotatable bonds is 3. The first kappa shape index (κ1) is 15.3. The van der Waals surface area contributed by atoms with Crippen LogP contribution in [-0.4, -0.2) is 38.2 Å². The van der Waals surface area contributed by atoms with Crippen LogP contribution in [0, 0.1) is 11.2 Å². The summed E-state index contributed by atoms with van der Waals surface area (Å²) in [7, 11) is 1.65. The lowest BCUT2D eigenvalue weighted by Crippen LogP contribution is -2.48. The van der Waals surface area contributed by atoms with Crippen LogP contribution in [0.15, 0.2) is 18.2 Å². The summed E-state index contributed by atoms with van der Waals surface area (Å²) in [6, 6.07) is 4.96. The molecule has 1 aliphatic heterocycles. The van der Waals surface area contributed by atoms with Gasteiger partial charge in [-0.1, -0.05) is 20.8 Å². The number of hydrogen-bond acceptors (Lipinski definition) is 3. The number of nitrogens with one attached hydrogen (secondary N) is 1. The Hall–Kier alpha value is -1.13. The van der Waals surface area contributed by atoms with Crippen molar-refractivity contribution in [2.75, 3.05) is 33.3 Å². The summed E-state index contributed by atoms with van der Waals surface area (Å²) in [5.74, 6) is 0.565. The highest BCUT2D eigenvalue weighted by atomic mass is 19.1. The highest BCUT2D eigenvalue weighted by Crippen LogP contribution is 2.42. The molecule has 1 atom stereocenters. The van der Waals surface area contributed by atoms with Crippen LogP contribution in [-0.2, 0) is 0 Å². The molecule has 0 aromatic heterocycles. The van der Waals surface area contributed by atoms with Gasteiger partial charge in [0.2, 0.25) is 0 Å². The number of nitrogens with zero attached hydrogens (tertiary/aromatic N) is 1. The van der Waals surface area contributed by atoms with E-state index in [-0.39, 0.29) is 17.3 Å². The summed E-state index contributed by atoms with van der Waals surface area (Å²) in [6.45, 7) is 10.5. The molecule has 0 spiro atoms. The van der Waals surface area contributed by atoms with Crippen molar-refractivity contribution < 1.29 is 9.13 Å². The first-order valence-electron chi connectivity index (χ1n) is 7.21. The number of hydrogen-bond donors (Lipinski definition) is 1. The molecule has 0 radical (unpaired) electrons. The van der Waals surface area contributed by atoms with Crippen LogP contribution in [0.4, 0.5) is 4.39 Å². The second-order valence-electron chi connectivity index (χ2n) is 6.44. The van der Waals surface area contributed by atoms with Crippen LogP contribution in [0.5, 0.6) is 5.75 Å². The second-order valence-corrected chi connectivity index (χ2v) is 6.44. The molecular weight excluding hydrogens is 255 g/mol. The van der Waals surface area contributed by atoms with Crippen molar-refractivity contribution in [3.8, 4) is 5.75 Å². The number of methoxy groups -OCH3 is 1. The van der Waals surface area contributed by atoms with Gasteiger partial charge >= 0.3 is 0 Å². The molecule has 1 N–H and O–H groups in total. The van der Waals surface area contributed by atoms with Crippen molar-refractivity contribution in [2.45, 2.75) is 26.8 Å². The van der Waals surface area contributed by atoms with Gasteiger partial charge in [-0.2, -0.15) is 0 Å². The van der Waals surface area contributed by atoms with E-state index in [1.165, 1.54) is 6.07 Å². The van der Waals surface area contributed by atoms with Crippen molar-refractivity contribution in [3.05, 3.63) is 29.6 Å². The molecule has 0 amide bonds. The Morgan fingerprint density at radius 1 is 1.25 bits per heavy atom. The number of benzene rings is 1. The van der Waals surface area contributed by atoms with Gasteiger partial charge in [-0.15, -0.1) is 0 Å². The summed E-state index contributed by atoms with van der Waals surface area (Å²) in [5, 5.41) is 3.37. The molecule has 112 valence electrons. The lowest BCUT2D eigenvalue weighted by molar-refractivity contribution is 0.0839. The second kappa shape index (κ2) is 6.10. The molecule has 2 rings (SSSR count). The fourth-order valence-electron chi connectivity index (χ4n) is 3.07. The summed E-state index contributed by atoms with van der Waals surface area (Å²) in [5.41, 5.74) is 0.959. The van der Waals surface area contributed by atoms with Crippen LogP contribution in [0.1, 0.15) is 32.4 Å². The summed E-state index contributed by atoms with van der Waals surface area (Å²) < 4.78 is 19.2. The van der Waals surface area contributed by atoms with Gasteiger partial charge in [-0.05, 0) is 23.6 Å². The van der Waals surface area contributed by atoms with Gasteiger partial charge in [-0.3, -0.25) is 4.90 Å². The molecule has 0 aliphatic carbocycles. The average molecular weight is 280 g/mol. The van der Waals surface area contributed by atoms with E-state index in [0.29, 0.717) is 0 Å². The summed E-state index contributed by atoms with van der Waals surface area (Å²) in [4.78, 5) is 2.42. The fraction of sp³-hybridized carbons (Fsp3) is 0.625. The van der Waals surface area contributed by atoms with Crippen LogP contribution < -0.4 is 10.1 Å². The maximum Gasteiger partial charge on any atom is 0.123 e. The molecule has 1 aliphatic rings. The predicted molar refractivity (Wildman–Crippen MR) is 79.6 cm³/mol. The Labute approximate surface area is 121 Å². The van der Waals surface area contributed by atoms with E-state index < -0.39 is 0 Å². The SMILES string of the molecule is COc1ccc(F)cc1[C@@H](N1CCNCC1)C(C)(C)C. The molecule has 20 heavy (non-hydrogen) atoms. The van der Waals surface area contributed by atoms with Crippen molar-refractivity contribution >= 4 is 0 Å². The third-order valence-corrected chi connectivity index (χ3v) is 3.82. The van der Waals surface area contributed by atoms with E-state index in [2.05, 4.69) is 31.0 Å². The van der Waals surface area contributed by atoms with Crippen molar-refractivity contribution in [1.29, 1.82) is 0 Å². The molecule has 1 saturated heterocycles.